The largest absolute Gasteiger partial charge is 0.492 e. The molecule has 3 nitrogen and oxygen atoms in total. The van der Waals surface area contributed by atoms with Crippen LogP contribution in [0.3, 0.4) is 0 Å². The maximum atomic E-state index is 13.9. The SMILES string of the molecule is C/C=C(\N)C1C=CC(OCCC2=C(F)CCCCC=C2)=CN1. The van der Waals surface area contributed by atoms with E-state index in [2.05, 4.69) is 11.4 Å². The number of nitrogens with two attached hydrogens (primary N) is 1. The summed E-state index contributed by atoms with van der Waals surface area (Å²) in [7, 11) is 0. The first kappa shape index (κ1) is 16.4. The molecular weight excluding hydrogens is 279 g/mol. The van der Waals surface area contributed by atoms with E-state index in [1.165, 1.54) is 0 Å². The summed E-state index contributed by atoms with van der Waals surface area (Å²) in [6.07, 6.45) is 15.7. The van der Waals surface area contributed by atoms with Gasteiger partial charge in [0.15, 0.2) is 0 Å². The van der Waals surface area contributed by atoms with Crippen LogP contribution in [0.4, 0.5) is 4.39 Å². The third kappa shape index (κ3) is 4.79. The van der Waals surface area contributed by atoms with Crippen LogP contribution in [0.1, 0.15) is 39.0 Å². The molecule has 1 aliphatic carbocycles. The first-order valence-corrected chi connectivity index (χ1v) is 7.93. The van der Waals surface area contributed by atoms with E-state index < -0.39 is 0 Å². The minimum absolute atomic E-state index is 0.00626. The maximum absolute atomic E-state index is 13.9. The van der Waals surface area contributed by atoms with Gasteiger partial charge in [0.05, 0.1) is 12.6 Å². The molecule has 22 heavy (non-hydrogen) atoms. The Morgan fingerprint density at radius 2 is 2.32 bits per heavy atom. The van der Waals surface area contributed by atoms with Gasteiger partial charge in [0, 0.05) is 18.3 Å². The van der Waals surface area contributed by atoms with E-state index in [-0.39, 0.29) is 11.9 Å². The van der Waals surface area contributed by atoms with E-state index in [1.807, 2.05) is 31.2 Å². The molecule has 1 unspecified atom stereocenters. The number of dihydropyridines is 1. The summed E-state index contributed by atoms with van der Waals surface area (Å²) in [4.78, 5) is 0. The van der Waals surface area contributed by atoms with Crippen LogP contribution >= 0.6 is 0 Å². The third-order valence-corrected chi connectivity index (χ3v) is 3.88. The predicted octanol–water partition coefficient (Wildman–Crippen LogP) is 3.98. The lowest BCUT2D eigenvalue weighted by molar-refractivity contribution is 0.224. The molecule has 0 aromatic rings. The minimum Gasteiger partial charge on any atom is -0.492 e. The van der Waals surface area contributed by atoms with E-state index in [1.54, 1.807) is 6.20 Å². The van der Waals surface area contributed by atoms with Crippen LogP contribution in [0.5, 0.6) is 0 Å². The van der Waals surface area contributed by atoms with Gasteiger partial charge in [-0.15, -0.1) is 0 Å². The van der Waals surface area contributed by atoms with Crippen LogP contribution in [0.2, 0.25) is 0 Å². The van der Waals surface area contributed by atoms with Crippen molar-refractivity contribution in [2.75, 3.05) is 6.61 Å². The monoisotopic (exact) mass is 304 g/mol. The van der Waals surface area contributed by atoms with Gasteiger partial charge in [-0.25, -0.2) is 4.39 Å². The summed E-state index contributed by atoms with van der Waals surface area (Å²) in [5, 5.41) is 3.17. The third-order valence-electron chi connectivity index (χ3n) is 3.88. The zero-order valence-electron chi connectivity index (χ0n) is 13.1. The van der Waals surface area contributed by atoms with Gasteiger partial charge in [0.25, 0.3) is 0 Å². The summed E-state index contributed by atoms with van der Waals surface area (Å²) in [6, 6.07) is 0.0195. The van der Waals surface area contributed by atoms with Crippen LogP contribution in [0, 0.1) is 0 Å². The smallest absolute Gasteiger partial charge is 0.134 e. The molecule has 1 atom stereocenters. The second-order valence-electron chi connectivity index (χ2n) is 5.52. The highest BCUT2D eigenvalue weighted by Crippen LogP contribution is 2.22. The van der Waals surface area contributed by atoms with E-state index >= 15 is 0 Å². The Morgan fingerprint density at radius 1 is 1.45 bits per heavy atom. The lowest BCUT2D eigenvalue weighted by Gasteiger charge is -2.19. The summed E-state index contributed by atoms with van der Waals surface area (Å²) in [6.45, 7) is 2.38. The van der Waals surface area contributed by atoms with Crippen molar-refractivity contribution in [1.29, 1.82) is 0 Å². The second kappa shape index (κ2) is 8.47. The number of allylic oxidation sites excluding steroid dienone is 5. The van der Waals surface area contributed by atoms with Gasteiger partial charge >= 0.3 is 0 Å². The predicted molar refractivity (Wildman–Crippen MR) is 88.4 cm³/mol. The van der Waals surface area contributed by atoms with Crippen molar-refractivity contribution in [3.8, 4) is 0 Å². The average Bonchev–Trinajstić information content (AvgIpc) is 2.54. The molecule has 0 aromatic heterocycles. The van der Waals surface area contributed by atoms with Gasteiger partial charge in [0.2, 0.25) is 0 Å². The molecule has 0 saturated carbocycles. The minimum atomic E-state index is 0.00626. The van der Waals surface area contributed by atoms with Crippen molar-refractivity contribution < 1.29 is 9.13 Å². The quantitative estimate of drug-likeness (QED) is 0.807. The Balaban J connectivity index is 1.81. The van der Waals surface area contributed by atoms with Gasteiger partial charge < -0.3 is 15.8 Å². The summed E-state index contributed by atoms with van der Waals surface area (Å²) >= 11 is 0. The molecule has 0 radical (unpaired) electrons. The number of rotatable bonds is 5. The van der Waals surface area contributed by atoms with E-state index in [4.69, 9.17) is 10.5 Å². The van der Waals surface area contributed by atoms with Gasteiger partial charge in [0.1, 0.15) is 11.6 Å². The van der Waals surface area contributed by atoms with Crippen LogP contribution in [-0.4, -0.2) is 12.6 Å². The number of hydrogen-bond acceptors (Lipinski definition) is 3. The fourth-order valence-corrected chi connectivity index (χ4v) is 2.46. The summed E-state index contributed by atoms with van der Waals surface area (Å²) in [5.74, 6) is 0.753. The Morgan fingerprint density at radius 3 is 3.05 bits per heavy atom. The first-order chi connectivity index (χ1) is 10.7. The second-order valence-corrected chi connectivity index (χ2v) is 5.52. The van der Waals surface area contributed by atoms with E-state index in [9.17, 15) is 4.39 Å². The van der Waals surface area contributed by atoms with Crippen molar-refractivity contribution >= 4 is 0 Å². The summed E-state index contributed by atoms with van der Waals surface area (Å²) < 4.78 is 19.6. The lowest BCUT2D eigenvalue weighted by atomic mass is 10.0. The fourth-order valence-electron chi connectivity index (χ4n) is 2.46. The molecule has 1 aliphatic heterocycles. The van der Waals surface area contributed by atoms with Crippen LogP contribution in [0.25, 0.3) is 0 Å². The standard InChI is InChI=1S/C18H25FN2O/c1-2-17(20)18-10-9-15(13-21-18)22-12-11-14-7-5-3-4-6-8-16(14)19/h2,5,7,9-10,13,18,21H,3-4,6,8,11-12,20H2,1H3/b7-5?,16-14?,17-2-. The molecule has 120 valence electrons. The molecule has 0 saturated heterocycles. The summed E-state index contributed by atoms with van der Waals surface area (Å²) in [5.41, 5.74) is 7.40. The number of hydrogen-bond donors (Lipinski definition) is 2. The molecule has 2 aliphatic rings. The molecular formula is C18H25FN2O. The Bertz CT molecular complexity index is 529. The van der Waals surface area contributed by atoms with Gasteiger partial charge in [-0.05, 0) is 44.3 Å². The van der Waals surface area contributed by atoms with Crippen LogP contribution in [0.15, 0.2) is 59.4 Å². The van der Waals surface area contributed by atoms with Crippen LogP contribution in [-0.2, 0) is 4.74 Å². The molecule has 0 amide bonds. The molecule has 0 aromatic carbocycles. The topological polar surface area (TPSA) is 47.3 Å². The Hall–Kier alpha value is -1.97. The zero-order valence-corrected chi connectivity index (χ0v) is 13.1. The highest BCUT2D eigenvalue weighted by Gasteiger charge is 2.11. The van der Waals surface area contributed by atoms with Gasteiger partial charge in [-0.3, -0.25) is 0 Å². The Kier molecular flexibility index (Phi) is 6.31. The number of ether oxygens (including phenoxy) is 1. The maximum Gasteiger partial charge on any atom is 0.134 e. The van der Waals surface area contributed by atoms with Crippen molar-refractivity contribution in [3.63, 3.8) is 0 Å². The number of nitrogens with one attached hydrogen (secondary N) is 1. The molecule has 3 N–H and O–H groups in total. The van der Waals surface area contributed by atoms with E-state index in [0.717, 1.165) is 36.3 Å². The molecule has 0 spiro atoms. The first-order valence-electron chi connectivity index (χ1n) is 7.93. The molecule has 4 heteroatoms. The normalized spacial score (nSPS) is 22.7. The van der Waals surface area contributed by atoms with Crippen molar-refractivity contribution in [1.82, 2.24) is 5.32 Å². The highest BCUT2D eigenvalue weighted by atomic mass is 19.1. The van der Waals surface area contributed by atoms with E-state index in [0.29, 0.717) is 19.4 Å². The fraction of sp³-hybridized carbons (Fsp3) is 0.444. The van der Waals surface area contributed by atoms with Crippen molar-refractivity contribution in [2.24, 2.45) is 5.73 Å². The number of halogens is 1. The highest BCUT2D eigenvalue weighted by molar-refractivity contribution is 5.27. The van der Waals surface area contributed by atoms with Crippen molar-refractivity contribution in [2.45, 2.75) is 45.1 Å². The zero-order chi connectivity index (χ0) is 15.8. The molecule has 1 heterocycles. The van der Waals surface area contributed by atoms with Crippen LogP contribution < -0.4 is 11.1 Å². The van der Waals surface area contributed by atoms with Crippen molar-refractivity contribution in [3.05, 3.63) is 59.4 Å². The molecule has 2 rings (SSSR count). The average molecular weight is 304 g/mol. The van der Waals surface area contributed by atoms with Gasteiger partial charge in [-0.1, -0.05) is 24.3 Å². The molecule has 0 bridgehead atoms. The lowest BCUT2D eigenvalue weighted by Crippen LogP contribution is -2.30. The van der Waals surface area contributed by atoms with Gasteiger partial charge in [-0.2, -0.15) is 0 Å². The Labute approximate surface area is 132 Å². The molecule has 0 fully saturated rings.